The van der Waals surface area contributed by atoms with E-state index in [4.69, 9.17) is 0 Å². The fourth-order valence-corrected chi connectivity index (χ4v) is 2.45. The van der Waals surface area contributed by atoms with Gasteiger partial charge in [0.15, 0.2) is 0 Å². The number of nitrogens with zero attached hydrogens (tertiary/aromatic N) is 1. The number of aliphatic carboxylic acids is 1. The second-order valence-corrected chi connectivity index (χ2v) is 5.87. The predicted octanol–water partition coefficient (Wildman–Crippen LogP) is 1.81. The molecule has 0 saturated heterocycles. The fourth-order valence-electron chi connectivity index (χ4n) is 1.98. The Balaban J connectivity index is 3.00. The Morgan fingerprint density at radius 3 is 2.50 bits per heavy atom. The molecule has 0 aliphatic heterocycles. The molecule has 0 radical (unpaired) electrons. The lowest BCUT2D eigenvalue weighted by atomic mass is 10.1. The fraction of sp³-hybridized carbons (Fsp3) is 0.400. The molecule has 0 aliphatic rings. The van der Waals surface area contributed by atoms with Crippen LogP contribution in [0.25, 0.3) is 0 Å². The van der Waals surface area contributed by atoms with Gasteiger partial charge in [0, 0.05) is 30.0 Å². The molecule has 22 heavy (non-hydrogen) atoms. The summed E-state index contributed by atoms with van der Waals surface area (Å²) in [5, 5.41) is 11.7. The molecular formula is C15H19BrN2O4. The average molecular weight is 371 g/mol. The summed E-state index contributed by atoms with van der Waals surface area (Å²) in [4.78, 5) is 36.0. The molecule has 1 unspecified atom stereocenters. The van der Waals surface area contributed by atoms with E-state index in [2.05, 4.69) is 21.2 Å². The maximum atomic E-state index is 12.6. The van der Waals surface area contributed by atoms with Crippen molar-refractivity contribution in [3.63, 3.8) is 0 Å². The summed E-state index contributed by atoms with van der Waals surface area (Å²) >= 11 is 3.33. The molecule has 1 rings (SSSR count). The highest BCUT2D eigenvalue weighted by Gasteiger charge is 2.27. The molecule has 0 heterocycles. The van der Waals surface area contributed by atoms with Gasteiger partial charge in [-0.25, -0.2) is 4.79 Å². The van der Waals surface area contributed by atoms with Crippen molar-refractivity contribution in [3.05, 3.63) is 33.8 Å². The van der Waals surface area contributed by atoms with Crippen LogP contribution in [0.1, 0.15) is 29.8 Å². The third-order valence-electron chi connectivity index (χ3n) is 3.23. The second kappa shape index (κ2) is 7.93. The minimum Gasteiger partial charge on any atom is -0.480 e. The van der Waals surface area contributed by atoms with Gasteiger partial charge < -0.3 is 15.3 Å². The number of carbonyl (C=O) groups is 3. The van der Waals surface area contributed by atoms with E-state index in [1.54, 1.807) is 25.1 Å². The number of carbonyl (C=O) groups excluding carboxylic acids is 2. The number of carboxylic acid groups (broad SMARTS) is 1. The molecule has 0 aromatic heterocycles. The van der Waals surface area contributed by atoms with E-state index in [1.165, 1.54) is 18.7 Å². The molecule has 1 aromatic carbocycles. The third kappa shape index (κ3) is 4.84. The second-order valence-electron chi connectivity index (χ2n) is 4.95. The smallest absolute Gasteiger partial charge is 0.326 e. The van der Waals surface area contributed by atoms with E-state index in [0.717, 1.165) is 10.0 Å². The van der Waals surface area contributed by atoms with Crippen LogP contribution in [0.15, 0.2) is 22.7 Å². The summed E-state index contributed by atoms with van der Waals surface area (Å²) in [5.41, 5.74) is 1.20. The molecule has 0 spiro atoms. The zero-order chi connectivity index (χ0) is 16.9. The van der Waals surface area contributed by atoms with Crippen LogP contribution >= 0.6 is 15.9 Å². The normalized spacial score (nSPS) is 11.6. The maximum Gasteiger partial charge on any atom is 0.326 e. The first-order valence-corrected chi connectivity index (χ1v) is 7.57. The molecular weight excluding hydrogens is 352 g/mol. The lowest BCUT2D eigenvalue weighted by Gasteiger charge is -2.27. The van der Waals surface area contributed by atoms with Crippen molar-refractivity contribution in [2.75, 3.05) is 13.1 Å². The van der Waals surface area contributed by atoms with Crippen molar-refractivity contribution in [2.45, 2.75) is 26.8 Å². The molecule has 1 atom stereocenters. The number of hydrogen-bond acceptors (Lipinski definition) is 3. The van der Waals surface area contributed by atoms with E-state index >= 15 is 0 Å². The van der Waals surface area contributed by atoms with E-state index in [9.17, 15) is 19.5 Å². The van der Waals surface area contributed by atoms with Crippen LogP contribution in [-0.2, 0) is 9.59 Å². The van der Waals surface area contributed by atoms with Crippen LogP contribution < -0.4 is 5.32 Å². The molecule has 0 fully saturated rings. The molecule has 6 nitrogen and oxygen atoms in total. The number of aryl methyl sites for hydroxylation is 1. The zero-order valence-corrected chi connectivity index (χ0v) is 14.3. The van der Waals surface area contributed by atoms with Gasteiger partial charge in [-0.15, -0.1) is 0 Å². The van der Waals surface area contributed by atoms with Crippen LogP contribution in [0.3, 0.4) is 0 Å². The SMILES string of the molecule is CC(=O)NCCN(C(=O)c1ccc(Br)cc1C)C(C)C(=O)O. The first-order chi connectivity index (χ1) is 10.2. The van der Waals surface area contributed by atoms with Gasteiger partial charge in [0.1, 0.15) is 6.04 Å². The van der Waals surface area contributed by atoms with Gasteiger partial charge in [-0.3, -0.25) is 9.59 Å². The van der Waals surface area contributed by atoms with Crippen LogP contribution in [0.2, 0.25) is 0 Å². The molecule has 7 heteroatoms. The van der Waals surface area contributed by atoms with Gasteiger partial charge in [0.05, 0.1) is 0 Å². The summed E-state index contributed by atoms with van der Waals surface area (Å²) < 4.78 is 0.845. The highest BCUT2D eigenvalue weighted by molar-refractivity contribution is 9.10. The number of halogens is 1. The maximum absolute atomic E-state index is 12.6. The van der Waals surface area contributed by atoms with Gasteiger partial charge in [0.25, 0.3) is 5.91 Å². The number of hydrogen-bond donors (Lipinski definition) is 2. The predicted molar refractivity (Wildman–Crippen MR) is 85.7 cm³/mol. The first kappa shape index (κ1) is 18.2. The summed E-state index contributed by atoms with van der Waals surface area (Å²) in [6.07, 6.45) is 0. The third-order valence-corrected chi connectivity index (χ3v) is 3.72. The molecule has 120 valence electrons. The van der Waals surface area contributed by atoms with Gasteiger partial charge >= 0.3 is 5.97 Å². The standard InChI is InChI=1S/C15H19BrN2O4/c1-9-8-12(16)4-5-13(9)14(20)18(10(2)15(21)22)7-6-17-11(3)19/h4-5,8,10H,6-7H2,1-3H3,(H,17,19)(H,21,22). The van der Waals surface area contributed by atoms with Gasteiger partial charge in [-0.1, -0.05) is 15.9 Å². The average Bonchev–Trinajstić information content (AvgIpc) is 2.42. The monoisotopic (exact) mass is 370 g/mol. The summed E-state index contributed by atoms with van der Waals surface area (Å²) in [6, 6.07) is 4.20. The summed E-state index contributed by atoms with van der Waals surface area (Å²) in [7, 11) is 0. The lowest BCUT2D eigenvalue weighted by Crippen LogP contribution is -2.46. The van der Waals surface area contributed by atoms with E-state index in [-0.39, 0.29) is 24.9 Å². The largest absolute Gasteiger partial charge is 0.480 e. The number of amides is 2. The van der Waals surface area contributed by atoms with Crippen molar-refractivity contribution in [3.8, 4) is 0 Å². The Hall–Kier alpha value is -1.89. The summed E-state index contributed by atoms with van der Waals surface area (Å²) in [6.45, 7) is 4.93. The van der Waals surface area contributed by atoms with Crippen LogP contribution in [0.4, 0.5) is 0 Å². The van der Waals surface area contributed by atoms with E-state index < -0.39 is 12.0 Å². The van der Waals surface area contributed by atoms with Crippen molar-refractivity contribution < 1.29 is 19.5 Å². The topological polar surface area (TPSA) is 86.7 Å². The van der Waals surface area contributed by atoms with Crippen molar-refractivity contribution in [1.29, 1.82) is 0 Å². The Kier molecular flexibility index (Phi) is 6.55. The van der Waals surface area contributed by atoms with Crippen LogP contribution in [0.5, 0.6) is 0 Å². The van der Waals surface area contributed by atoms with E-state index in [0.29, 0.717) is 5.56 Å². The number of rotatable bonds is 6. The highest BCUT2D eigenvalue weighted by Crippen LogP contribution is 2.18. The van der Waals surface area contributed by atoms with Crippen molar-refractivity contribution >= 4 is 33.7 Å². The van der Waals surface area contributed by atoms with Crippen LogP contribution in [-0.4, -0.2) is 46.9 Å². The highest BCUT2D eigenvalue weighted by atomic mass is 79.9. The zero-order valence-electron chi connectivity index (χ0n) is 12.7. The number of nitrogens with one attached hydrogen (secondary N) is 1. The van der Waals surface area contributed by atoms with Crippen LogP contribution in [0, 0.1) is 6.92 Å². The quantitative estimate of drug-likeness (QED) is 0.799. The molecule has 0 saturated carbocycles. The summed E-state index contributed by atoms with van der Waals surface area (Å²) in [5.74, 6) is -1.69. The molecule has 2 amide bonds. The van der Waals surface area contributed by atoms with Crippen molar-refractivity contribution in [2.24, 2.45) is 0 Å². The Bertz CT molecular complexity index is 589. The van der Waals surface area contributed by atoms with Gasteiger partial charge in [-0.2, -0.15) is 0 Å². The first-order valence-electron chi connectivity index (χ1n) is 6.78. The minimum absolute atomic E-state index is 0.126. The molecule has 0 aliphatic carbocycles. The Morgan fingerprint density at radius 1 is 1.36 bits per heavy atom. The number of carboxylic acids is 1. The molecule has 2 N–H and O–H groups in total. The lowest BCUT2D eigenvalue weighted by molar-refractivity contribution is -0.141. The Morgan fingerprint density at radius 2 is 2.00 bits per heavy atom. The van der Waals surface area contributed by atoms with Crippen molar-refractivity contribution in [1.82, 2.24) is 10.2 Å². The molecule has 0 bridgehead atoms. The number of benzene rings is 1. The molecule has 1 aromatic rings. The van der Waals surface area contributed by atoms with E-state index in [1.807, 2.05) is 0 Å². The van der Waals surface area contributed by atoms with Gasteiger partial charge in [0.2, 0.25) is 5.91 Å². The minimum atomic E-state index is -1.09. The van der Waals surface area contributed by atoms with Gasteiger partial charge in [-0.05, 0) is 37.6 Å². The Labute approximate surface area is 137 Å².